The maximum Gasteiger partial charge on any atom is 0.306 e. The lowest BCUT2D eigenvalue weighted by molar-refractivity contribution is -0.145. The average Bonchev–Trinajstić information content (AvgIpc) is 3.16. The quantitative estimate of drug-likeness (QED) is 0.303. The van der Waals surface area contributed by atoms with Gasteiger partial charge in [0.1, 0.15) is 0 Å². The second-order valence-corrected chi connectivity index (χ2v) is 9.00. The zero-order valence-electron chi connectivity index (χ0n) is 20.0. The van der Waals surface area contributed by atoms with Gasteiger partial charge in [0.15, 0.2) is 5.11 Å². The van der Waals surface area contributed by atoms with Crippen LogP contribution >= 0.6 is 12.2 Å². The van der Waals surface area contributed by atoms with Gasteiger partial charge in [0.05, 0.1) is 13.0 Å². The molecule has 1 saturated heterocycles. The van der Waals surface area contributed by atoms with E-state index in [1.165, 1.54) is 18.4 Å². The second kappa shape index (κ2) is 14.2. The first kappa shape index (κ1) is 26.3. The number of likely N-dealkylation sites (tertiary alicyclic amines) is 1. The molecule has 0 spiro atoms. The van der Waals surface area contributed by atoms with E-state index in [0.717, 1.165) is 38.8 Å². The lowest BCUT2D eigenvalue weighted by Gasteiger charge is -2.20. The molecule has 2 aromatic carbocycles. The zero-order valence-corrected chi connectivity index (χ0v) is 20.8. The molecule has 3 rings (SSSR count). The number of carbonyl (C=O) groups excluding carboxylic acids is 3. The summed E-state index contributed by atoms with van der Waals surface area (Å²) < 4.78 is 5.20. The standard InChI is InChI=1S/C27H33N3O4S/c31-24(16-17-25(32)34-20-8-11-21-9-4-3-5-10-21)29-27(35)28-23-14-12-22(13-15-23)26(33)30-18-6-1-2-7-19-30/h3-5,9-10,12-15H,1-2,6-8,11,16-20H2,(H2,28,29,31,35). The van der Waals surface area contributed by atoms with Gasteiger partial charge in [-0.05, 0) is 67.7 Å². The minimum absolute atomic E-state index is 0.00685. The second-order valence-electron chi connectivity index (χ2n) is 8.60. The van der Waals surface area contributed by atoms with Crippen molar-refractivity contribution in [3.05, 3.63) is 65.7 Å². The number of benzene rings is 2. The number of hydrogen-bond donors (Lipinski definition) is 2. The molecule has 2 aromatic rings. The molecule has 7 nitrogen and oxygen atoms in total. The van der Waals surface area contributed by atoms with Crippen molar-refractivity contribution in [1.82, 2.24) is 10.2 Å². The summed E-state index contributed by atoms with van der Waals surface area (Å²) in [5.41, 5.74) is 2.50. The molecule has 186 valence electrons. The third-order valence-electron chi connectivity index (χ3n) is 5.81. The number of anilines is 1. The van der Waals surface area contributed by atoms with E-state index in [1.807, 2.05) is 35.2 Å². The third-order valence-corrected chi connectivity index (χ3v) is 6.01. The Balaban J connectivity index is 1.32. The largest absolute Gasteiger partial charge is 0.466 e. The SMILES string of the molecule is O=C(CCC(=O)OCCCc1ccccc1)NC(=S)Nc1ccc(C(=O)N2CCCCCC2)cc1. The van der Waals surface area contributed by atoms with Crippen molar-refractivity contribution in [2.24, 2.45) is 0 Å². The van der Waals surface area contributed by atoms with E-state index in [4.69, 9.17) is 17.0 Å². The molecule has 0 atom stereocenters. The van der Waals surface area contributed by atoms with E-state index in [9.17, 15) is 14.4 Å². The molecule has 0 unspecified atom stereocenters. The zero-order chi connectivity index (χ0) is 24.9. The molecule has 35 heavy (non-hydrogen) atoms. The fourth-order valence-electron chi connectivity index (χ4n) is 3.90. The molecule has 0 bridgehead atoms. The lowest BCUT2D eigenvalue weighted by Crippen LogP contribution is -2.34. The number of hydrogen-bond acceptors (Lipinski definition) is 5. The van der Waals surface area contributed by atoms with Crippen molar-refractivity contribution in [3.63, 3.8) is 0 Å². The van der Waals surface area contributed by atoms with E-state index in [2.05, 4.69) is 10.6 Å². The van der Waals surface area contributed by atoms with Gasteiger partial charge in [0.2, 0.25) is 5.91 Å². The van der Waals surface area contributed by atoms with E-state index in [1.54, 1.807) is 24.3 Å². The molecule has 0 aliphatic carbocycles. The first-order valence-electron chi connectivity index (χ1n) is 12.2. The van der Waals surface area contributed by atoms with Crippen molar-refractivity contribution in [3.8, 4) is 0 Å². The van der Waals surface area contributed by atoms with Gasteiger partial charge in [0, 0.05) is 30.8 Å². The van der Waals surface area contributed by atoms with Gasteiger partial charge in [-0.1, -0.05) is 43.2 Å². The first-order valence-corrected chi connectivity index (χ1v) is 12.6. The minimum Gasteiger partial charge on any atom is -0.466 e. The fraction of sp³-hybridized carbons (Fsp3) is 0.407. The molecule has 8 heteroatoms. The van der Waals surface area contributed by atoms with Crippen LogP contribution in [0.1, 0.15) is 60.9 Å². The summed E-state index contributed by atoms with van der Waals surface area (Å²) in [5, 5.41) is 5.64. The Bertz CT molecular complexity index is 987. The van der Waals surface area contributed by atoms with Crippen LogP contribution < -0.4 is 10.6 Å². The predicted molar refractivity (Wildman–Crippen MR) is 140 cm³/mol. The number of amides is 2. The topological polar surface area (TPSA) is 87.7 Å². The Kier molecular flexibility index (Phi) is 10.7. The summed E-state index contributed by atoms with van der Waals surface area (Å²) in [6, 6.07) is 17.0. The van der Waals surface area contributed by atoms with Crippen LogP contribution in [0.4, 0.5) is 5.69 Å². The van der Waals surface area contributed by atoms with Crippen LogP contribution in [0.15, 0.2) is 54.6 Å². The number of carbonyl (C=O) groups is 3. The maximum atomic E-state index is 12.7. The minimum atomic E-state index is -0.406. The fourth-order valence-corrected chi connectivity index (χ4v) is 4.13. The number of nitrogens with zero attached hydrogens (tertiary/aromatic N) is 1. The maximum absolute atomic E-state index is 12.7. The van der Waals surface area contributed by atoms with Crippen molar-refractivity contribution in [2.75, 3.05) is 25.0 Å². The van der Waals surface area contributed by atoms with E-state index in [0.29, 0.717) is 17.9 Å². The Morgan fingerprint density at radius 2 is 1.57 bits per heavy atom. The molecule has 0 saturated carbocycles. The predicted octanol–water partition coefficient (Wildman–Crippen LogP) is 4.47. The van der Waals surface area contributed by atoms with Crippen LogP contribution in [0.25, 0.3) is 0 Å². The van der Waals surface area contributed by atoms with Crippen LogP contribution in [0.3, 0.4) is 0 Å². The number of ether oxygens (including phenoxy) is 1. The molecule has 0 aromatic heterocycles. The summed E-state index contributed by atoms with van der Waals surface area (Å²) in [6.07, 6.45) is 5.99. The van der Waals surface area contributed by atoms with Crippen LogP contribution in [0, 0.1) is 0 Å². The Morgan fingerprint density at radius 1 is 0.886 bits per heavy atom. The van der Waals surface area contributed by atoms with Crippen LogP contribution in [-0.4, -0.2) is 47.5 Å². The summed E-state index contributed by atoms with van der Waals surface area (Å²) >= 11 is 5.19. The highest BCUT2D eigenvalue weighted by Crippen LogP contribution is 2.15. The van der Waals surface area contributed by atoms with Gasteiger partial charge < -0.3 is 20.3 Å². The molecular formula is C27H33N3O4S. The van der Waals surface area contributed by atoms with E-state index >= 15 is 0 Å². The molecule has 1 aliphatic heterocycles. The summed E-state index contributed by atoms with van der Waals surface area (Å²) in [7, 11) is 0. The number of nitrogens with one attached hydrogen (secondary N) is 2. The Hall–Kier alpha value is -3.26. The van der Waals surface area contributed by atoms with Crippen LogP contribution in [0.2, 0.25) is 0 Å². The van der Waals surface area contributed by atoms with Gasteiger partial charge in [-0.15, -0.1) is 0 Å². The molecule has 1 fully saturated rings. The number of esters is 1. The Morgan fingerprint density at radius 3 is 2.26 bits per heavy atom. The number of rotatable bonds is 9. The van der Waals surface area contributed by atoms with E-state index in [-0.39, 0.29) is 29.8 Å². The lowest BCUT2D eigenvalue weighted by atomic mass is 10.1. The number of thiocarbonyl (C=S) groups is 1. The highest BCUT2D eigenvalue weighted by Gasteiger charge is 2.17. The highest BCUT2D eigenvalue weighted by molar-refractivity contribution is 7.80. The van der Waals surface area contributed by atoms with Crippen molar-refractivity contribution >= 4 is 40.8 Å². The van der Waals surface area contributed by atoms with Gasteiger partial charge in [-0.25, -0.2) is 0 Å². The third kappa shape index (κ3) is 9.48. The van der Waals surface area contributed by atoms with E-state index < -0.39 is 5.97 Å². The smallest absolute Gasteiger partial charge is 0.306 e. The van der Waals surface area contributed by atoms with Crippen LogP contribution in [-0.2, 0) is 20.7 Å². The van der Waals surface area contributed by atoms with Gasteiger partial charge >= 0.3 is 5.97 Å². The molecule has 0 radical (unpaired) electrons. The highest BCUT2D eigenvalue weighted by atomic mass is 32.1. The molecule has 2 amide bonds. The summed E-state index contributed by atoms with van der Waals surface area (Å²) in [4.78, 5) is 38.6. The summed E-state index contributed by atoms with van der Waals surface area (Å²) in [5.74, 6) is -0.727. The Labute approximate surface area is 212 Å². The van der Waals surface area contributed by atoms with Crippen molar-refractivity contribution in [1.29, 1.82) is 0 Å². The van der Waals surface area contributed by atoms with Crippen molar-refractivity contribution in [2.45, 2.75) is 51.4 Å². The van der Waals surface area contributed by atoms with Gasteiger partial charge in [0.25, 0.3) is 5.91 Å². The first-order chi connectivity index (χ1) is 17.0. The molecule has 1 aliphatic rings. The molecular weight excluding hydrogens is 462 g/mol. The summed E-state index contributed by atoms with van der Waals surface area (Å²) in [6.45, 7) is 1.93. The van der Waals surface area contributed by atoms with Crippen LogP contribution in [0.5, 0.6) is 0 Å². The monoisotopic (exact) mass is 495 g/mol. The normalized spacial score (nSPS) is 13.4. The number of aryl methyl sites for hydroxylation is 1. The van der Waals surface area contributed by atoms with Gasteiger partial charge in [-0.2, -0.15) is 0 Å². The molecule has 1 heterocycles. The average molecular weight is 496 g/mol. The van der Waals surface area contributed by atoms with Gasteiger partial charge in [-0.3, -0.25) is 14.4 Å². The molecule has 2 N–H and O–H groups in total. The van der Waals surface area contributed by atoms with Crippen molar-refractivity contribution < 1.29 is 19.1 Å².